The first kappa shape index (κ1) is 20.8. The molecule has 0 spiro atoms. The number of hydrogen-bond acceptors (Lipinski definition) is 4. The highest BCUT2D eigenvalue weighted by Gasteiger charge is 2.52. The molecular formula is C24H30BN3O2. The molecule has 30 heavy (non-hydrogen) atoms. The number of rotatable bonds is 2. The Morgan fingerprint density at radius 2 is 1.70 bits per heavy atom. The molecular weight excluding hydrogens is 373 g/mol. The summed E-state index contributed by atoms with van der Waals surface area (Å²) < 4.78 is 12.6. The van der Waals surface area contributed by atoms with E-state index >= 15 is 0 Å². The van der Waals surface area contributed by atoms with Crippen LogP contribution in [-0.4, -0.2) is 43.4 Å². The van der Waals surface area contributed by atoms with Gasteiger partial charge >= 0.3 is 7.12 Å². The number of benzene rings is 1. The van der Waals surface area contributed by atoms with Gasteiger partial charge in [-0.2, -0.15) is 0 Å². The Bertz CT molecular complexity index is 1120. The first-order valence-corrected chi connectivity index (χ1v) is 10.5. The van der Waals surface area contributed by atoms with Gasteiger partial charge in [-0.1, -0.05) is 5.92 Å². The second-order valence-corrected chi connectivity index (χ2v) is 9.43. The van der Waals surface area contributed by atoms with Gasteiger partial charge in [0.2, 0.25) is 0 Å². The molecule has 1 atom stereocenters. The Morgan fingerprint density at radius 1 is 1.07 bits per heavy atom. The Balaban J connectivity index is 1.69. The number of aromatic nitrogens is 1. The maximum absolute atomic E-state index is 6.32. The molecule has 1 aromatic heterocycles. The van der Waals surface area contributed by atoms with E-state index in [-0.39, 0.29) is 24.4 Å². The van der Waals surface area contributed by atoms with E-state index in [2.05, 4.69) is 74.5 Å². The molecule has 0 radical (unpaired) electrons. The minimum atomic E-state index is -0.361. The predicted molar refractivity (Wildman–Crippen MR) is 122 cm³/mol. The first-order chi connectivity index (χ1) is 14.1. The van der Waals surface area contributed by atoms with Gasteiger partial charge in [-0.15, -0.1) is 0 Å². The van der Waals surface area contributed by atoms with E-state index in [0.717, 1.165) is 39.5 Å². The third kappa shape index (κ3) is 3.80. The van der Waals surface area contributed by atoms with Crippen molar-refractivity contribution in [2.24, 2.45) is 4.99 Å². The number of nitrogens with one attached hydrogen (secondary N) is 1. The van der Waals surface area contributed by atoms with Crippen LogP contribution in [0, 0.1) is 11.8 Å². The first-order valence-electron chi connectivity index (χ1n) is 10.5. The highest BCUT2D eigenvalue weighted by molar-refractivity contribution is 6.66. The average Bonchev–Trinajstić information content (AvgIpc) is 3.16. The number of hydrogen-bond donors (Lipinski definition) is 1. The SMILES string of the molecule is CC1CC(B2OC(C)(C)C(C)(C)O2)=c2cc(C#Cc3ccc(N(C)C)cc3)[nH]c2=N1. The second kappa shape index (κ2) is 7.33. The van der Waals surface area contributed by atoms with Crippen LogP contribution in [0.5, 0.6) is 0 Å². The summed E-state index contributed by atoms with van der Waals surface area (Å²) in [5.74, 6) is 6.50. The van der Waals surface area contributed by atoms with Crippen LogP contribution >= 0.6 is 0 Å². The third-order valence-corrected chi connectivity index (χ3v) is 6.27. The van der Waals surface area contributed by atoms with E-state index in [0.29, 0.717) is 0 Å². The van der Waals surface area contributed by atoms with Gasteiger partial charge in [0.15, 0.2) is 0 Å². The molecule has 0 aliphatic carbocycles. The molecule has 2 aromatic rings. The number of nitrogens with zero attached hydrogens (tertiary/aromatic N) is 2. The standard InChI is InChI=1S/C24H30BN3O2/c1-16-14-21(25-29-23(2,3)24(4,5)30-25)20-15-18(27-22(20)26-16)11-8-17-9-12-19(13-10-17)28(6)7/h9-10,12-13,15-16H,14H2,1-7H3,(H,26,27). The van der Waals surface area contributed by atoms with Crippen LogP contribution in [0.3, 0.4) is 0 Å². The van der Waals surface area contributed by atoms with Crippen molar-refractivity contribution in [2.75, 3.05) is 19.0 Å². The van der Waals surface area contributed by atoms with Crippen LogP contribution in [0.1, 0.15) is 52.3 Å². The Labute approximate surface area is 179 Å². The minimum absolute atomic E-state index is 0.171. The second-order valence-electron chi connectivity index (χ2n) is 9.43. The van der Waals surface area contributed by atoms with Crippen molar-refractivity contribution in [3.8, 4) is 11.8 Å². The lowest BCUT2D eigenvalue weighted by atomic mass is 9.73. The molecule has 1 N–H and O–H groups in total. The highest BCUT2D eigenvalue weighted by Crippen LogP contribution is 2.39. The lowest BCUT2D eigenvalue weighted by Gasteiger charge is -2.32. The fourth-order valence-corrected chi connectivity index (χ4v) is 3.74. The van der Waals surface area contributed by atoms with Crippen molar-refractivity contribution in [1.82, 2.24) is 4.98 Å². The fourth-order valence-electron chi connectivity index (χ4n) is 3.74. The maximum atomic E-state index is 6.32. The van der Waals surface area contributed by atoms with Crippen molar-refractivity contribution in [3.05, 3.63) is 52.3 Å². The van der Waals surface area contributed by atoms with Gasteiger partial charge in [-0.05, 0) is 82.8 Å². The van der Waals surface area contributed by atoms with Gasteiger partial charge in [0.1, 0.15) is 5.49 Å². The molecule has 1 fully saturated rings. The van der Waals surface area contributed by atoms with Gasteiger partial charge in [0.25, 0.3) is 0 Å². The molecule has 1 aromatic carbocycles. The van der Waals surface area contributed by atoms with Crippen LogP contribution in [0.15, 0.2) is 35.3 Å². The van der Waals surface area contributed by atoms with Gasteiger partial charge in [-0.3, -0.25) is 4.99 Å². The van der Waals surface area contributed by atoms with Crippen LogP contribution in [0.4, 0.5) is 5.69 Å². The molecule has 156 valence electrons. The molecule has 1 unspecified atom stereocenters. The van der Waals surface area contributed by atoms with Gasteiger partial charge in [-0.25, -0.2) is 0 Å². The maximum Gasteiger partial charge on any atom is 0.491 e. The van der Waals surface area contributed by atoms with Gasteiger partial charge in [0.05, 0.1) is 22.9 Å². The molecule has 1 saturated heterocycles. The zero-order valence-corrected chi connectivity index (χ0v) is 19.0. The minimum Gasteiger partial charge on any atom is -0.400 e. The van der Waals surface area contributed by atoms with E-state index in [1.165, 1.54) is 0 Å². The quantitative estimate of drug-likeness (QED) is 0.620. The largest absolute Gasteiger partial charge is 0.491 e. The number of fused-ring (bicyclic) bond motifs is 1. The zero-order valence-electron chi connectivity index (χ0n) is 19.0. The van der Waals surface area contributed by atoms with Crippen molar-refractivity contribution in [1.29, 1.82) is 0 Å². The van der Waals surface area contributed by atoms with E-state index in [1.807, 2.05) is 26.2 Å². The summed E-state index contributed by atoms with van der Waals surface area (Å²) in [7, 11) is 3.70. The highest BCUT2D eigenvalue weighted by atomic mass is 16.7. The predicted octanol–water partition coefficient (Wildman–Crippen LogP) is 2.67. The number of aromatic amines is 1. The summed E-state index contributed by atoms with van der Waals surface area (Å²) >= 11 is 0. The molecule has 6 heteroatoms. The molecule has 0 bridgehead atoms. The molecule has 4 rings (SSSR count). The number of H-pyrrole nitrogens is 1. The van der Waals surface area contributed by atoms with Crippen LogP contribution < -0.4 is 15.6 Å². The molecule has 0 amide bonds. The van der Waals surface area contributed by atoms with Crippen molar-refractivity contribution < 1.29 is 9.31 Å². The van der Waals surface area contributed by atoms with Crippen LogP contribution in [0.25, 0.3) is 5.47 Å². The summed E-state index contributed by atoms with van der Waals surface area (Å²) in [6.07, 6.45) is 0.820. The summed E-state index contributed by atoms with van der Waals surface area (Å²) in [5, 5.41) is 1.05. The Kier molecular flexibility index (Phi) is 5.08. The summed E-state index contributed by atoms with van der Waals surface area (Å²) in [6.45, 7) is 10.5. The van der Waals surface area contributed by atoms with Crippen LogP contribution in [-0.2, 0) is 9.31 Å². The zero-order chi connectivity index (χ0) is 21.7. The third-order valence-electron chi connectivity index (χ3n) is 6.27. The summed E-state index contributed by atoms with van der Waals surface area (Å²) in [5.41, 5.74) is 4.28. The van der Waals surface area contributed by atoms with E-state index < -0.39 is 0 Å². The van der Waals surface area contributed by atoms with Crippen LogP contribution in [0.2, 0.25) is 0 Å². The van der Waals surface area contributed by atoms with E-state index in [4.69, 9.17) is 14.3 Å². The average molecular weight is 403 g/mol. The normalized spacial score (nSPS) is 21.5. The van der Waals surface area contributed by atoms with Crippen molar-refractivity contribution >= 4 is 18.3 Å². The monoisotopic (exact) mass is 403 g/mol. The lowest BCUT2D eigenvalue weighted by molar-refractivity contribution is 0.00578. The molecule has 0 saturated carbocycles. The topological polar surface area (TPSA) is 49.9 Å². The lowest BCUT2D eigenvalue weighted by Crippen LogP contribution is -2.41. The molecule has 3 heterocycles. The summed E-state index contributed by atoms with van der Waals surface area (Å²) in [6, 6.07) is 10.5. The molecule has 2 aliphatic heterocycles. The van der Waals surface area contributed by atoms with E-state index in [9.17, 15) is 0 Å². The smallest absolute Gasteiger partial charge is 0.400 e. The Hall–Kier alpha value is -2.49. The number of anilines is 1. The van der Waals surface area contributed by atoms with Gasteiger partial charge < -0.3 is 19.2 Å². The summed E-state index contributed by atoms with van der Waals surface area (Å²) in [4.78, 5) is 10.2. The van der Waals surface area contributed by atoms with E-state index in [1.54, 1.807) is 0 Å². The van der Waals surface area contributed by atoms with Gasteiger partial charge in [0, 0.05) is 30.6 Å². The fraction of sp³-hybridized carbons (Fsp3) is 0.458. The van der Waals surface area contributed by atoms with Crippen molar-refractivity contribution in [2.45, 2.75) is 58.3 Å². The Morgan fingerprint density at radius 3 is 2.30 bits per heavy atom. The molecule has 2 aliphatic rings. The van der Waals surface area contributed by atoms with Crippen molar-refractivity contribution in [3.63, 3.8) is 0 Å². The molecule has 5 nitrogen and oxygen atoms in total.